The van der Waals surface area contributed by atoms with Crippen LogP contribution in [0.4, 0.5) is 5.69 Å². The second-order valence-corrected chi connectivity index (χ2v) is 5.33. The summed E-state index contributed by atoms with van der Waals surface area (Å²) in [5.41, 5.74) is 3.45. The monoisotopic (exact) mass is 270 g/mol. The molecule has 19 heavy (non-hydrogen) atoms. The molecule has 0 radical (unpaired) electrons. The Labute approximate surface area is 115 Å². The summed E-state index contributed by atoms with van der Waals surface area (Å²) in [5, 5.41) is 5.56. The lowest BCUT2D eigenvalue weighted by Crippen LogP contribution is -1.98. The molecule has 0 amide bonds. The van der Waals surface area contributed by atoms with Crippen LogP contribution in [0.5, 0.6) is 0 Å². The van der Waals surface area contributed by atoms with Gasteiger partial charge in [-0.05, 0) is 36.1 Å². The zero-order chi connectivity index (χ0) is 13.1. The summed E-state index contributed by atoms with van der Waals surface area (Å²) in [4.78, 5) is 5.31. The molecule has 1 aromatic carbocycles. The molecule has 0 saturated heterocycles. The van der Waals surface area contributed by atoms with Gasteiger partial charge in [0.15, 0.2) is 12.2 Å². The van der Waals surface area contributed by atoms with Crippen molar-refractivity contribution in [2.45, 2.75) is 13.5 Å². The summed E-state index contributed by atoms with van der Waals surface area (Å²) in [6, 6.07) is 10.3. The number of hydrogen-bond donors (Lipinski definition) is 1. The third-order valence-corrected chi connectivity index (χ3v) is 4.02. The molecular formula is C15H14N2OS. The molecule has 0 aliphatic heterocycles. The number of nitrogens with zero attached hydrogens (tertiary/aromatic N) is 1. The fourth-order valence-corrected chi connectivity index (χ4v) is 2.75. The maximum atomic E-state index is 5.31. The highest BCUT2D eigenvalue weighted by atomic mass is 32.1. The summed E-state index contributed by atoms with van der Waals surface area (Å²) in [7, 11) is 0. The Morgan fingerprint density at radius 1 is 1.32 bits per heavy atom. The second kappa shape index (κ2) is 5.28. The van der Waals surface area contributed by atoms with Crippen molar-refractivity contribution in [2.24, 2.45) is 0 Å². The fourth-order valence-electron chi connectivity index (χ4n) is 1.91. The van der Waals surface area contributed by atoms with Gasteiger partial charge in [0.1, 0.15) is 0 Å². The predicted molar refractivity (Wildman–Crippen MR) is 78.3 cm³/mol. The minimum absolute atomic E-state index is 0.788. The van der Waals surface area contributed by atoms with Gasteiger partial charge in [0.2, 0.25) is 0 Å². The zero-order valence-corrected chi connectivity index (χ0v) is 11.4. The molecule has 4 heteroatoms. The van der Waals surface area contributed by atoms with E-state index in [0.717, 1.165) is 23.6 Å². The Hall–Kier alpha value is -2.07. The molecule has 0 spiro atoms. The number of rotatable bonds is 4. The number of hydrogen-bond acceptors (Lipinski definition) is 4. The van der Waals surface area contributed by atoms with Crippen LogP contribution in [0.25, 0.3) is 11.3 Å². The molecule has 0 atom stereocenters. The van der Waals surface area contributed by atoms with E-state index in [1.54, 1.807) is 17.5 Å². The Morgan fingerprint density at radius 3 is 3.00 bits per heavy atom. The highest BCUT2D eigenvalue weighted by Gasteiger charge is 2.03. The first-order valence-corrected chi connectivity index (χ1v) is 6.96. The lowest BCUT2D eigenvalue weighted by molar-refractivity contribution is 0.572. The van der Waals surface area contributed by atoms with E-state index < -0.39 is 0 Å². The number of benzene rings is 1. The van der Waals surface area contributed by atoms with E-state index in [-0.39, 0.29) is 0 Å². The average Bonchev–Trinajstić information content (AvgIpc) is 3.08. The van der Waals surface area contributed by atoms with Crippen molar-refractivity contribution >= 4 is 17.0 Å². The van der Waals surface area contributed by atoms with E-state index in [0.29, 0.717) is 0 Å². The number of oxazole rings is 1. The van der Waals surface area contributed by atoms with Crippen molar-refractivity contribution in [3.63, 3.8) is 0 Å². The van der Waals surface area contributed by atoms with Crippen LogP contribution < -0.4 is 5.32 Å². The number of anilines is 1. The molecule has 0 saturated carbocycles. The molecule has 96 valence electrons. The lowest BCUT2D eigenvalue weighted by atomic mass is 10.1. The molecule has 2 aromatic heterocycles. The van der Waals surface area contributed by atoms with Gasteiger partial charge >= 0.3 is 0 Å². The van der Waals surface area contributed by atoms with Crippen LogP contribution in [0.15, 0.2) is 52.7 Å². The summed E-state index contributed by atoms with van der Waals surface area (Å²) < 4.78 is 5.31. The first kappa shape index (κ1) is 12.0. The van der Waals surface area contributed by atoms with Crippen LogP contribution in [-0.4, -0.2) is 4.98 Å². The average molecular weight is 270 g/mol. The van der Waals surface area contributed by atoms with E-state index in [1.807, 2.05) is 12.1 Å². The van der Waals surface area contributed by atoms with Gasteiger partial charge in [-0.3, -0.25) is 0 Å². The first-order chi connectivity index (χ1) is 9.33. The highest BCUT2D eigenvalue weighted by molar-refractivity contribution is 7.10. The minimum atomic E-state index is 0.788. The Morgan fingerprint density at radius 2 is 2.26 bits per heavy atom. The molecule has 0 unspecified atom stereocenters. The number of aryl methyl sites for hydroxylation is 1. The quantitative estimate of drug-likeness (QED) is 0.767. The van der Waals surface area contributed by atoms with E-state index >= 15 is 0 Å². The third-order valence-electron chi connectivity index (χ3n) is 3.00. The van der Waals surface area contributed by atoms with Gasteiger partial charge in [0.25, 0.3) is 0 Å². The lowest BCUT2D eigenvalue weighted by Gasteiger charge is -2.07. The maximum absolute atomic E-state index is 5.31. The molecule has 0 fully saturated rings. The van der Waals surface area contributed by atoms with Crippen LogP contribution in [0, 0.1) is 6.92 Å². The summed E-state index contributed by atoms with van der Waals surface area (Å²) in [5.74, 6) is 0.788. The van der Waals surface area contributed by atoms with Crippen molar-refractivity contribution in [3.05, 3.63) is 58.7 Å². The maximum Gasteiger partial charge on any atom is 0.181 e. The van der Waals surface area contributed by atoms with E-state index in [1.165, 1.54) is 16.8 Å². The molecular weight excluding hydrogens is 256 g/mol. The Kier molecular flexibility index (Phi) is 3.33. The summed E-state index contributed by atoms with van der Waals surface area (Å²) in [6.45, 7) is 2.99. The highest BCUT2D eigenvalue weighted by Crippen LogP contribution is 2.23. The largest absolute Gasteiger partial charge is 0.444 e. The van der Waals surface area contributed by atoms with E-state index in [9.17, 15) is 0 Å². The van der Waals surface area contributed by atoms with Gasteiger partial charge in [-0.15, -0.1) is 11.3 Å². The molecule has 3 aromatic rings. The molecule has 0 aliphatic rings. The smallest absolute Gasteiger partial charge is 0.181 e. The summed E-state index contributed by atoms with van der Waals surface area (Å²) in [6.07, 6.45) is 3.17. The molecule has 1 N–H and O–H groups in total. The van der Waals surface area contributed by atoms with Crippen molar-refractivity contribution in [2.75, 3.05) is 5.32 Å². The first-order valence-electron chi connectivity index (χ1n) is 6.09. The standard InChI is InChI=1S/C15H14N2OS/c1-11-5-6-19-15(11)9-17-13-4-2-3-12(7-13)14-8-16-10-18-14/h2-8,10,17H,9H2,1H3. The molecule has 3 nitrogen and oxygen atoms in total. The summed E-state index contributed by atoms with van der Waals surface area (Å²) >= 11 is 1.78. The molecule has 2 heterocycles. The topological polar surface area (TPSA) is 38.1 Å². The number of aromatic nitrogens is 1. The SMILES string of the molecule is Cc1ccsc1CNc1cccc(-c2cnco2)c1. The fraction of sp³-hybridized carbons (Fsp3) is 0.133. The van der Waals surface area contributed by atoms with Crippen molar-refractivity contribution < 1.29 is 4.42 Å². The van der Waals surface area contributed by atoms with Crippen LogP contribution in [0.2, 0.25) is 0 Å². The van der Waals surface area contributed by atoms with E-state index in [4.69, 9.17) is 4.42 Å². The van der Waals surface area contributed by atoms with Crippen LogP contribution in [-0.2, 0) is 6.54 Å². The Bertz CT molecular complexity index is 658. The minimum Gasteiger partial charge on any atom is -0.444 e. The van der Waals surface area contributed by atoms with Crippen LogP contribution >= 0.6 is 11.3 Å². The van der Waals surface area contributed by atoms with Crippen molar-refractivity contribution in [1.82, 2.24) is 4.98 Å². The molecule has 3 rings (SSSR count). The molecule has 0 aliphatic carbocycles. The van der Waals surface area contributed by atoms with Gasteiger partial charge < -0.3 is 9.73 Å². The van der Waals surface area contributed by atoms with Gasteiger partial charge in [-0.1, -0.05) is 12.1 Å². The third kappa shape index (κ3) is 2.69. The van der Waals surface area contributed by atoms with Crippen LogP contribution in [0.1, 0.15) is 10.4 Å². The van der Waals surface area contributed by atoms with Crippen molar-refractivity contribution in [3.8, 4) is 11.3 Å². The van der Waals surface area contributed by atoms with Gasteiger partial charge in [0, 0.05) is 22.7 Å². The predicted octanol–water partition coefficient (Wildman–Crippen LogP) is 4.32. The van der Waals surface area contributed by atoms with Gasteiger partial charge in [0.05, 0.1) is 6.20 Å². The Balaban J connectivity index is 1.75. The van der Waals surface area contributed by atoms with E-state index in [2.05, 4.69) is 40.8 Å². The van der Waals surface area contributed by atoms with Crippen LogP contribution in [0.3, 0.4) is 0 Å². The van der Waals surface area contributed by atoms with Crippen molar-refractivity contribution in [1.29, 1.82) is 0 Å². The van der Waals surface area contributed by atoms with Gasteiger partial charge in [-0.2, -0.15) is 0 Å². The number of nitrogens with one attached hydrogen (secondary N) is 1. The zero-order valence-electron chi connectivity index (χ0n) is 10.6. The molecule has 0 bridgehead atoms. The number of thiophene rings is 1. The second-order valence-electron chi connectivity index (χ2n) is 4.33. The van der Waals surface area contributed by atoms with Gasteiger partial charge in [-0.25, -0.2) is 4.98 Å². The normalized spacial score (nSPS) is 10.6.